The molecule has 6 heteroatoms. The van der Waals surface area contributed by atoms with E-state index in [1.54, 1.807) is 17.9 Å². The molecule has 0 spiro atoms. The molecule has 0 aliphatic carbocycles. The molecule has 1 heterocycles. The number of aromatic carboxylic acids is 1. The number of aryl methyl sites for hydroxylation is 1. The zero-order chi connectivity index (χ0) is 22.9. The number of ether oxygens (including phenoxy) is 1. The van der Waals surface area contributed by atoms with Gasteiger partial charge in [-0.2, -0.15) is 0 Å². The Morgan fingerprint density at radius 1 is 1.00 bits per heavy atom. The van der Waals surface area contributed by atoms with Crippen LogP contribution < -0.4 is 0 Å². The highest BCUT2D eigenvalue weighted by molar-refractivity contribution is 5.91. The smallest absolute Gasteiger partial charge is 0.336 e. The molecule has 168 valence electrons. The van der Waals surface area contributed by atoms with Gasteiger partial charge >= 0.3 is 5.97 Å². The van der Waals surface area contributed by atoms with Crippen molar-refractivity contribution in [3.8, 4) is 0 Å². The van der Waals surface area contributed by atoms with Crippen LogP contribution in [0.3, 0.4) is 0 Å². The molecule has 0 unspecified atom stereocenters. The molecule has 0 aliphatic heterocycles. The van der Waals surface area contributed by atoms with Gasteiger partial charge in [-0.3, -0.25) is 9.78 Å². The van der Waals surface area contributed by atoms with Crippen LogP contribution in [-0.4, -0.2) is 40.0 Å². The van der Waals surface area contributed by atoms with Crippen molar-refractivity contribution in [3.05, 3.63) is 77.0 Å². The summed E-state index contributed by atoms with van der Waals surface area (Å²) in [7, 11) is 0. The lowest BCUT2D eigenvalue weighted by molar-refractivity contribution is -0.129. The van der Waals surface area contributed by atoms with Crippen molar-refractivity contribution in [2.75, 3.05) is 13.2 Å². The quantitative estimate of drug-likeness (QED) is 0.437. The fraction of sp³-hybridized carbons (Fsp3) is 0.346. The monoisotopic (exact) mass is 434 g/mol. The number of carbonyl (C=O) groups excluding carboxylic acids is 1. The number of unbranched alkanes of at least 4 members (excludes halogenated alkanes) is 1. The Bertz CT molecular complexity index is 1080. The Balaban J connectivity index is 1.47. The van der Waals surface area contributed by atoms with Gasteiger partial charge in [-0.05, 0) is 42.5 Å². The number of benzene rings is 2. The first-order valence-corrected chi connectivity index (χ1v) is 11.0. The van der Waals surface area contributed by atoms with Crippen LogP contribution in [0.4, 0.5) is 0 Å². The summed E-state index contributed by atoms with van der Waals surface area (Å²) in [5, 5.41) is 10.6. The van der Waals surface area contributed by atoms with E-state index in [2.05, 4.69) is 4.98 Å². The second-order valence-electron chi connectivity index (χ2n) is 7.81. The van der Waals surface area contributed by atoms with Gasteiger partial charge in [0.05, 0.1) is 29.9 Å². The summed E-state index contributed by atoms with van der Waals surface area (Å²) in [6, 6.07) is 17.4. The second-order valence-corrected chi connectivity index (χ2v) is 7.81. The van der Waals surface area contributed by atoms with E-state index in [9.17, 15) is 14.7 Å². The molecule has 1 N–H and O–H groups in total. The van der Waals surface area contributed by atoms with Crippen molar-refractivity contribution in [2.24, 2.45) is 0 Å². The number of carboxylic acids is 1. The normalized spacial score (nSPS) is 10.9. The van der Waals surface area contributed by atoms with Crippen molar-refractivity contribution < 1.29 is 19.4 Å². The van der Waals surface area contributed by atoms with Crippen molar-refractivity contribution >= 4 is 22.8 Å². The molecule has 1 aromatic heterocycles. The van der Waals surface area contributed by atoms with Gasteiger partial charge in [0.1, 0.15) is 0 Å². The zero-order valence-corrected chi connectivity index (χ0v) is 18.7. The third kappa shape index (κ3) is 6.14. The number of para-hydroxylation sites is 1. The van der Waals surface area contributed by atoms with E-state index in [1.807, 2.05) is 55.5 Å². The van der Waals surface area contributed by atoms with Crippen molar-refractivity contribution in [1.29, 1.82) is 0 Å². The van der Waals surface area contributed by atoms with E-state index in [0.29, 0.717) is 37.2 Å². The summed E-state index contributed by atoms with van der Waals surface area (Å²) in [6.07, 6.45) is 2.25. The first-order valence-electron chi connectivity index (χ1n) is 11.0. The van der Waals surface area contributed by atoms with E-state index >= 15 is 0 Å². The Kier molecular flexibility index (Phi) is 8.34. The maximum atomic E-state index is 12.1. The number of fused-ring (bicyclic) bond motifs is 1. The molecule has 0 atom stereocenters. The summed E-state index contributed by atoms with van der Waals surface area (Å²) < 4.78 is 5.74. The molecule has 0 saturated heterocycles. The number of aromatic nitrogens is 1. The number of hydrogen-bond donors (Lipinski definition) is 1. The van der Waals surface area contributed by atoms with E-state index in [4.69, 9.17) is 4.74 Å². The Morgan fingerprint density at radius 3 is 2.53 bits per heavy atom. The largest absolute Gasteiger partial charge is 0.478 e. The molecule has 0 fully saturated rings. The summed E-state index contributed by atoms with van der Waals surface area (Å²) >= 11 is 0. The van der Waals surface area contributed by atoms with E-state index in [1.165, 1.54) is 0 Å². The number of carboxylic acid groups (broad SMARTS) is 1. The lowest BCUT2D eigenvalue weighted by Crippen LogP contribution is -2.29. The third-order valence-electron chi connectivity index (χ3n) is 5.51. The van der Waals surface area contributed by atoms with Crippen LogP contribution in [0, 0.1) is 0 Å². The fourth-order valence-corrected chi connectivity index (χ4v) is 3.77. The van der Waals surface area contributed by atoms with Gasteiger partial charge < -0.3 is 14.7 Å². The number of hydrogen-bond acceptors (Lipinski definition) is 4. The van der Waals surface area contributed by atoms with Gasteiger partial charge in [-0.1, -0.05) is 49.4 Å². The van der Waals surface area contributed by atoms with Gasteiger partial charge in [-0.25, -0.2) is 4.79 Å². The predicted octanol–water partition coefficient (Wildman–Crippen LogP) is 4.84. The van der Waals surface area contributed by atoms with Crippen LogP contribution >= 0.6 is 0 Å². The highest BCUT2D eigenvalue weighted by atomic mass is 16.5. The molecule has 0 aliphatic rings. The molecule has 1 amide bonds. The Morgan fingerprint density at radius 2 is 1.78 bits per heavy atom. The van der Waals surface area contributed by atoms with Crippen molar-refractivity contribution in [1.82, 2.24) is 9.88 Å². The van der Waals surface area contributed by atoms with Crippen LogP contribution in [0.15, 0.2) is 54.6 Å². The molecule has 0 radical (unpaired) electrons. The third-order valence-corrected chi connectivity index (χ3v) is 5.51. The average molecular weight is 435 g/mol. The molecular formula is C26H30N2O4. The van der Waals surface area contributed by atoms with Crippen LogP contribution in [0.2, 0.25) is 0 Å². The molecule has 6 nitrogen and oxygen atoms in total. The van der Waals surface area contributed by atoms with Crippen molar-refractivity contribution in [2.45, 2.75) is 46.3 Å². The van der Waals surface area contributed by atoms with Gasteiger partial charge in [0.15, 0.2) is 0 Å². The predicted molar refractivity (Wildman–Crippen MR) is 125 cm³/mol. The SMILES string of the molecule is CCc1cccc(COCCCCN(Cc2ccc3ccccc3n2)C(C)=O)c1C(=O)O. The molecule has 0 saturated carbocycles. The maximum Gasteiger partial charge on any atom is 0.336 e. The van der Waals surface area contributed by atoms with Crippen LogP contribution in [0.5, 0.6) is 0 Å². The Hall–Kier alpha value is -3.25. The minimum absolute atomic E-state index is 0.0170. The van der Waals surface area contributed by atoms with Gasteiger partial charge in [0, 0.05) is 25.5 Å². The summed E-state index contributed by atoms with van der Waals surface area (Å²) in [6.45, 7) is 5.40. The highest BCUT2D eigenvalue weighted by Crippen LogP contribution is 2.17. The van der Waals surface area contributed by atoms with Gasteiger partial charge in [0.25, 0.3) is 0 Å². The van der Waals surface area contributed by atoms with Crippen LogP contribution in [-0.2, 0) is 29.1 Å². The second kappa shape index (κ2) is 11.4. The summed E-state index contributed by atoms with van der Waals surface area (Å²) in [5.41, 5.74) is 3.66. The average Bonchev–Trinajstić information content (AvgIpc) is 2.79. The first kappa shape index (κ1) is 23.4. The molecular weight excluding hydrogens is 404 g/mol. The molecule has 3 aromatic rings. The fourth-order valence-electron chi connectivity index (χ4n) is 3.77. The number of amides is 1. The number of carbonyl (C=O) groups is 2. The minimum atomic E-state index is -0.916. The molecule has 2 aromatic carbocycles. The first-order chi connectivity index (χ1) is 15.5. The van der Waals surface area contributed by atoms with Crippen molar-refractivity contribution in [3.63, 3.8) is 0 Å². The summed E-state index contributed by atoms with van der Waals surface area (Å²) in [4.78, 5) is 30.1. The zero-order valence-electron chi connectivity index (χ0n) is 18.7. The topological polar surface area (TPSA) is 79.7 Å². The lowest BCUT2D eigenvalue weighted by Gasteiger charge is -2.21. The molecule has 32 heavy (non-hydrogen) atoms. The number of rotatable bonds is 11. The van der Waals surface area contributed by atoms with Gasteiger partial charge in [0.2, 0.25) is 5.91 Å². The minimum Gasteiger partial charge on any atom is -0.478 e. The van der Waals surface area contributed by atoms with Crippen LogP contribution in [0.1, 0.15) is 53.9 Å². The van der Waals surface area contributed by atoms with E-state index < -0.39 is 5.97 Å². The van der Waals surface area contributed by atoms with Crippen LogP contribution in [0.25, 0.3) is 10.9 Å². The van der Waals surface area contributed by atoms with E-state index in [-0.39, 0.29) is 12.5 Å². The van der Waals surface area contributed by atoms with Gasteiger partial charge in [-0.15, -0.1) is 0 Å². The maximum absolute atomic E-state index is 12.1. The number of nitrogens with zero attached hydrogens (tertiary/aromatic N) is 2. The molecule has 0 bridgehead atoms. The summed E-state index contributed by atoms with van der Waals surface area (Å²) in [5.74, 6) is -0.899. The standard InChI is InChI=1S/C26H30N2O4/c1-3-20-10-8-11-22(25(20)26(30)31)18-32-16-7-6-15-28(19(2)29)17-23-14-13-21-9-4-5-12-24(21)27-23/h4-5,8-14H,3,6-7,15-18H2,1-2H3,(H,30,31). The Labute approximate surface area is 188 Å². The van der Waals surface area contributed by atoms with E-state index in [0.717, 1.165) is 35.0 Å². The number of pyridine rings is 1. The lowest BCUT2D eigenvalue weighted by atomic mass is 10.00. The highest BCUT2D eigenvalue weighted by Gasteiger charge is 2.14. The molecule has 3 rings (SSSR count).